The zero-order valence-electron chi connectivity index (χ0n) is 19.4. The molecule has 6 rings (SSSR count). The van der Waals surface area contributed by atoms with Gasteiger partial charge in [-0.3, -0.25) is 15.1 Å². The first-order valence-corrected chi connectivity index (χ1v) is 11.7. The van der Waals surface area contributed by atoms with E-state index in [0.29, 0.717) is 11.5 Å². The van der Waals surface area contributed by atoms with Crippen LogP contribution in [0, 0.1) is 0 Å². The summed E-state index contributed by atoms with van der Waals surface area (Å²) in [6.45, 7) is 2.91. The lowest BCUT2D eigenvalue weighted by Crippen LogP contribution is -2.29. The van der Waals surface area contributed by atoms with E-state index >= 15 is 0 Å². The van der Waals surface area contributed by atoms with Crippen molar-refractivity contribution in [2.24, 2.45) is 0 Å². The van der Waals surface area contributed by atoms with E-state index in [1.807, 2.05) is 51.0 Å². The Bertz CT molecular complexity index is 1460. The maximum Gasteiger partial charge on any atom is 0.161 e. The van der Waals surface area contributed by atoms with Gasteiger partial charge in [-0.2, -0.15) is 5.10 Å². The standard InChI is InChI=1S/C25H27N9/c1-33(2)15-16-10-17(12-26-11-16)18-6-7-19-23(28-18)24(32-31-19)25-29-20-13-27-14-21(22(20)30-25)34-8-4-3-5-9-34/h6-7,10-14H,3-5,8-9,15H2,1-2H3,(H,29,30)(H,31,32). The van der Waals surface area contributed by atoms with E-state index in [4.69, 9.17) is 9.97 Å². The summed E-state index contributed by atoms with van der Waals surface area (Å²) in [4.78, 5) is 26.7. The Kier molecular flexibility index (Phi) is 5.18. The van der Waals surface area contributed by atoms with Crippen molar-refractivity contribution >= 4 is 27.8 Å². The van der Waals surface area contributed by atoms with Crippen LogP contribution in [0.5, 0.6) is 0 Å². The second-order valence-electron chi connectivity index (χ2n) is 9.17. The Hall–Kier alpha value is -3.85. The summed E-state index contributed by atoms with van der Waals surface area (Å²) in [5, 5.41) is 7.66. The molecule has 0 atom stereocenters. The molecule has 0 bridgehead atoms. The van der Waals surface area contributed by atoms with Crippen LogP contribution in [0.25, 0.3) is 44.8 Å². The molecule has 1 aliphatic heterocycles. The third-order valence-corrected chi connectivity index (χ3v) is 6.29. The van der Waals surface area contributed by atoms with Crippen molar-refractivity contribution < 1.29 is 0 Å². The summed E-state index contributed by atoms with van der Waals surface area (Å²) in [5.41, 5.74) is 8.25. The van der Waals surface area contributed by atoms with Gasteiger partial charge in [0.1, 0.15) is 11.0 Å². The highest BCUT2D eigenvalue weighted by molar-refractivity contribution is 5.94. The number of pyridine rings is 3. The number of nitrogens with one attached hydrogen (secondary N) is 2. The van der Waals surface area contributed by atoms with Crippen LogP contribution in [0.3, 0.4) is 0 Å². The summed E-state index contributed by atoms with van der Waals surface area (Å²) in [6, 6.07) is 6.15. The van der Waals surface area contributed by atoms with Crippen molar-refractivity contribution in [2.75, 3.05) is 32.1 Å². The molecule has 0 aromatic carbocycles. The molecule has 5 aromatic heterocycles. The van der Waals surface area contributed by atoms with Crippen molar-refractivity contribution in [1.82, 2.24) is 40.0 Å². The number of fused-ring (bicyclic) bond motifs is 2. The molecule has 1 fully saturated rings. The fraction of sp³-hybridized carbons (Fsp3) is 0.320. The summed E-state index contributed by atoms with van der Waals surface area (Å²) in [6.07, 6.45) is 11.2. The normalized spacial score (nSPS) is 14.5. The highest BCUT2D eigenvalue weighted by Gasteiger charge is 2.20. The smallest absolute Gasteiger partial charge is 0.161 e. The second kappa shape index (κ2) is 8.49. The minimum Gasteiger partial charge on any atom is -0.368 e. The molecule has 0 aliphatic carbocycles. The van der Waals surface area contributed by atoms with E-state index in [1.54, 1.807) is 0 Å². The maximum absolute atomic E-state index is 4.95. The van der Waals surface area contributed by atoms with E-state index < -0.39 is 0 Å². The largest absolute Gasteiger partial charge is 0.368 e. The third kappa shape index (κ3) is 3.77. The van der Waals surface area contributed by atoms with Gasteiger partial charge in [-0.15, -0.1) is 0 Å². The highest BCUT2D eigenvalue weighted by Crippen LogP contribution is 2.31. The van der Waals surface area contributed by atoms with Crippen LogP contribution in [0.15, 0.2) is 43.0 Å². The minimum atomic E-state index is 0.691. The van der Waals surface area contributed by atoms with Crippen molar-refractivity contribution in [2.45, 2.75) is 25.8 Å². The SMILES string of the molecule is CN(C)Cc1cncc(-c2ccc3[nH]nc(-c4nc5c(N6CCCCC6)cncc5[nH]4)c3n2)c1. The molecule has 1 saturated heterocycles. The fourth-order valence-electron chi connectivity index (χ4n) is 4.70. The van der Waals surface area contributed by atoms with Crippen LogP contribution in [0.1, 0.15) is 24.8 Å². The van der Waals surface area contributed by atoms with E-state index in [2.05, 4.69) is 41.0 Å². The monoisotopic (exact) mass is 453 g/mol. The zero-order valence-corrected chi connectivity index (χ0v) is 19.4. The molecule has 0 unspecified atom stereocenters. The van der Waals surface area contributed by atoms with E-state index in [9.17, 15) is 0 Å². The van der Waals surface area contributed by atoms with Crippen LogP contribution in [0.2, 0.25) is 0 Å². The molecule has 9 heteroatoms. The van der Waals surface area contributed by atoms with Gasteiger partial charge in [0.05, 0.1) is 34.8 Å². The fourth-order valence-corrected chi connectivity index (χ4v) is 4.70. The number of anilines is 1. The summed E-state index contributed by atoms with van der Waals surface area (Å²) >= 11 is 0. The van der Waals surface area contributed by atoms with Crippen LogP contribution < -0.4 is 4.90 Å². The Balaban J connectivity index is 1.41. The van der Waals surface area contributed by atoms with Gasteiger partial charge in [-0.1, -0.05) is 0 Å². The lowest BCUT2D eigenvalue weighted by atomic mass is 10.1. The Morgan fingerprint density at radius 2 is 1.76 bits per heavy atom. The first kappa shape index (κ1) is 20.7. The molecule has 0 saturated carbocycles. The van der Waals surface area contributed by atoms with Gasteiger partial charge in [0.15, 0.2) is 11.5 Å². The highest BCUT2D eigenvalue weighted by atomic mass is 15.2. The van der Waals surface area contributed by atoms with Crippen LogP contribution in [-0.4, -0.2) is 67.2 Å². The zero-order chi connectivity index (χ0) is 23.1. The number of aromatic amines is 2. The average molecular weight is 454 g/mol. The molecule has 0 amide bonds. The molecule has 2 N–H and O–H groups in total. The molecule has 9 nitrogen and oxygen atoms in total. The number of imidazole rings is 1. The predicted octanol–water partition coefficient (Wildman–Crippen LogP) is 4.01. The number of aromatic nitrogens is 7. The van der Waals surface area contributed by atoms with Crippen molar-refractivity contribution in [3.63, 3.8) is 0 Å². The van der Waals surface area contributed by atoms with Gasteiger partial charge >= 0.3 is 0 Å². The summed E-state index contributed by atoms with van der Waals surface area (Å²) < 4.78 is 0. The number of piperidine rings is 1. The molecule has 34 heavy (non-hydrogen) atoms. The Morgan fingerprint density at radius 1 is 0.912 bits per heavy atom. The molecule has 0 radical (unpaired) electrons. The first-order chi connectivity index (χ1) is 16.7. The molecular weight excluding hydrogens is 426 g/mol. The van der Waals surface area contributed by atoms with Crippen molar-refractivity contribution in [3.8, 4) is 22.8 Å². The van der Waals surface area contributed by atoms with Gasteiger partial charge in [0.2, 0.25) is 0 Å². The van der Waals surface area contributed by atoms with Gasteiger partial charge < -0.3 is 14.8 Å². The number of H-pyrrole nitrogens is 2. The number of rotatable bonds is 5. The van der Waals surface area contributed by atoms with E-state index in [1.165, 1.54) is 19.3 Å². The Labute approximate surface area is 197 Å². The van der Waals surface area contributed by atoms with Crippen molar-refractivity contribution in [3.05, 3.63) is 48.5 Å². The molecule has 0 spiro atoms. The first-order valence-electron chi connectivity index (χ1n) is 11.7. The lowest BCUT2D eigenvalue weighted by Gasteiger charge is -2.28. The van der Waals surface area contributed by atoms with Gasteiger partial charge in [-0.25, -0.2) is 9.97 Å². The predicted molar refractivity (Wildman–Crippen MR) is 133 cm³/mol. The Morgan fingerprint density at radius 3 is 2.62 bits per heavy atom. The van der Waals surface area contributed by atoms with E-state index in [0.717, 1.165) is 64.2 Å². The third-order valence-electron chi connectivity index (χ3n) is 6.29. The summed E-state index contributed by atoms with van der Waals surface area (Å²) in [5.74, 6) is 0.691. The number of hydrogen-bond acceptors (Lipinski definition) is 7. The topological polar surface area (TPSA) is 103 Å². The average Bonchev–Trinajstić information content (AvgIpc) is 3.48. The summed E-state index contributed by atoms with van der Waals surface area (Å²) in [7, 11) is 4.10. The maximum atomic E-state index is 4.95. The molecule has 5 aromatic rings. The van der Waals surface area contributed by atoms with Crippen LogP contribution >= 0.6 is 0 Å². The molecule has 1 aliphatic rings. The van der Waals surface area contributed by atoms with Crippen LogP contribution in [0.4, 0.5) is 5.69 Å². The minimum absolute atomic E-state index is 0.691. The van der Waals surface area contributed by atoms with Crippen LogP contribution in [-0.2, 0) is 6.54 Å². The number of nitrogens with zero attached hydrogens (tertiary/aromatic N) is 7. The molecule has 6 heterocycles. The van der Waals surface area contributed by atoms with Crippen molar-refractivity contribution in [1.29, 1.82) is 0 Å². The van der Waals surface area contributed by atoms with Gasteiger partial charge in [0.25, 0.3) is 0 Å². The molecule has 172 valence electrons. The lowest BCUT2D eigenvalue weighted by molar-refractivity contribution is 0.402. The number of hydrogen-bond donors (Lipinski definition) is 2. The second-order valence-corrected chi connectivity index (χ2v) is 9.17. The van der Waals surface area contributed by atoms with E-state index in [-0.39, 0.29) is 0 Å². The quantitative estimate of drug-likeness (QED) is 0.414. The van der Waals surface area contributed by atoms with Gasteiger partial charge in [-0.05, 0) is 57.1 Å². The molecular formula is C25H27N9. The van der Waals surface area contributed by atoms with Gasteiger partial charge in [0, 0.05) is 37.6 Å².